The minimum atomic E-state index is 0.314. The van der Waals surface area contributed by atoms with Crippen molar-refractivity contribution in [3.05, 3.63) is 0 Å². The minimum Gasteiger partial charge on any atom is -0.329 e. The standard InChI is InChI=1S/C12H24N2/c1-9-3-4-11(5-9)14-12(8-13)6-10(2)7-12/h9-11,14H,3-8,13H2,1-2H3. The summed E-state index contributed by atoms with van der Waals surface area (Å²) >= 11 is 0. The zero-order valence-electron chi connectivity index (χ0n) is 9.55. The van der Waals surface area contributed by atoms with E-state index in [-0.39, 0.29) is 0 Å². The van der Waals surface area contributed by atoms with Crippen LogP contribution in [-0.2, 0) is 0 Å². The average Bonchev–Trinajstić information content (AvgIpc) is 2.48. The van der Waals surface area contributed by atoms with Crippen molar-refractivity contribution in [2.45, 2.75) is 57.5 Å². The van der Waals surface area contributed by atoms with Gasteiger partial charge in [0.1, 0.15) is 0 Å². The third kappa shape index (κ3) is 1.96. The molecule has 0 aliphatic heterocycles. The topological polar surface area (TPSA) is 38.0 Å². The van der Waals surface area contributed by atoms with E-state index in [2.05, 4.69) is 19.2 Å². The summed E-state index contributed by atoms with van der Waals surface area (Å²) in [5, 5.41) is 3.81. The van der Waals surface area contributed by atoms with Gasteiger partial charge < -0.3 is 11.1 Å². The molecule has 2 aliphatic rings. The lowest BCUT2D eigenvalue weighted by Crippen LogP contribution is -2.61. The second kappa shape index (κ2) is 3.82. The van der Waals surface area contributed by atoms with Crippen LogP contribution >= 0.6 is 0 Å². The first-order chi connectivity index (χ1) is 6.63. The molecule has 2 nitrogen and oxygen atoms in total. The summed E-state index contributed by atoms with van der Waals surface area (Å²) in [6.45, 7) is 5.51. The van der Waals surface area contributed by atoms with Gasteiger partial charge in [-0.1, -0.05) is 13.8 Å². The molecule has 2 aliphatic carbocycles. The Morgan fingerprint density at radius 1 is 1.21 bits per heavy atom. The highest BCUT2D eigenvalue weighted by molar-refractivity contribution is 5.02. The van der Waals surface area contributed by atoms with Gasteiger partial charge >= 0.3 is 0 Å². The lowest BCUT2D eigenvalue weighted by molar-refractivity contribution is 0.108. The monoisotopic (exact) mass is 196 g/mol. The number of hydrogen-bond donors (Lipinski definition) is 2. The molecule has 0 heterocycles. The van der Waals surface area contributed by atoms with Gasteiger partial charge in [0.2, 0.25) is 0 Å². The van der Waals surface area contributed by atoms with Gasteiger partial charge in [-0.3, -0.25) is 0 Å². The lowest BCUT2D eigenvalue weighted by atomic mass is 9.69. The molecule has 2 atom stereocenters. The van der Waals surface area contributed by atoms with Crippen molar-refractivity contribution in [1.29, 1.82) is 0 Å². The molecule has 0 bridgehead atoms. The van der Waals surface area contributed by atoms with Crippen molar-refractivity contribution < 1.29 is 0 Å². The van der Waals surface area contributed by atoms with Crippen molar-refractivity contribution in [3.63, 3.8) is 0 Å². The van der Waals surface area contributed by atoms with E-state index in [0.717, 1.165) is 24.4 Å². The zero-order chi connectivity index (χ0) is 10.2. The lowest BCUT2D eigenvalue weighted by Gasteiger charge is -2.48. The van der Waals surface area contributed by atoms with E-state index in [1.807, 2.05) is 0 Å². The van der Waals surface area contributed by atoms with Crippen molar-refractivity contribution in [1.82, 2.24) is 5.32 Å². The molecule has 2 fully saturated rings. The van der Waals surface area contributed by atoms with Crippen molar-refractivity contribution in [3.8, 4) is 0 Å². The van der Waals surface area contributed by atoms with Crippen LogP contribution in [0.1, 0.15) is 46.0 Å². The van der Waals surface area contributed by atoms with Gasteiger partial charge in [0.05, 0.1) is 0 Å². The molecular weight excluding hydrogens is 172 g/mol. The fourth-order valence-corrected chi connectivity index (χ4v) is 3.39. The maximum absolute atomic E-state index is 5.88. The molecule has 0 aromatic carbocycles. The van der Waals surface area contributed by atoms with E-state index in [0.29, 0.717) is 5.54 Å². The highest BCUT2D eigenvalue weighted by atomic mass is 15.1. The smallest absolute Gasteiger partial charge is 0.0311 e. The van der Waals surface area contributed by atoms with Crippen LogP contribution < -0.4 is 11.1 Å². The van der Waals surface area contributed by atoms with E-state index in [1.54, 1.807) is 0 Å². The van der Waals surface area contributed by atoms with Gasteiger partial charge in [0, 0.05) is 18.1 Å². The third-order valence-corrected chi connectivity index (χ3v) is 4.07. The summed E-state index contributed by atoms with van der Waals surface area (Å²) in [5.74, 6) is 1.80. The van der Waals surface area contributed by atoms with Gasteiger partial charge in [-0.25, -0.2) is 0 Å². The first kappa shape index (κ1) is 10.4. The van der Waals surface area contributed by atoms with Crippen LogP contribution in [0.2, 0.25) is 0 Å². The highest BCUT2D eigenvalue weighted by Gasteiger charge is 2.42. The second-order valence-electron chi connectivity index (χ2n) is 5.76. The molecule has 0 aromatic heterocycles. The third-order valence-electron chi connectivity index (χ3n) is 4.07. The molecule has 82 valence electrons. The van der Waals surface area contributed by atoms with E-state index in [9.17, 15) is 0 Å². The molecular formula is C12H24N2. The summed E-state index contributed by atoms with van der Waals surface area (Å²) in [6.07, 6.45) is 6.68. The normalized spacial score (nSPS) is 47.8. The quantitative estimate of drug-likeness (QED) is 0.723. The first-order valence-electron chi connectivity index (χ1n) is 6.11. The SMILES string of the molecule is CC1CCC(NC2(CN)CC(C)C2)C1. The number of nitrogens with one attached hydrogen (secondary N) is 1. The van der Waals surface area contributed by atoms with Crippen LogP contribution in [0.3, 0.4) is 0 Å². The second-order valence-corrected chi connectivity index (χ2v) is 5.76. The van der Waals surface area contributed by atoms with Crippen molar-refractivity contribution >= 4 is 0 Å². The zero-order valence-corrected chi connectivity index (χ0v) is 9.55. The Morgan fingerprint density at radius 3 is 2.36 bits per heavy atom. The Morgan fingerprint density at radius 2 is 1.93 bits per heavy atom. The summed E-state index contributed by atoms with van der Waals surface area (Å²) in [5.41, 5.74) is 6.19. The van der Waals surface area contributed by atoms with Gasteiger partial charge in [0.15, 0.2) is 0 Å². The number of nitrogens with two attached hydrogens (primary N) is 1. The van der Waals surface area contributed by atoms with Crippen LogP contribution in [0.5, 0.6) is 0 Å². The fraction of sp³-hybridized carbons (Fsp3) is 1.00. The summed E-state index contributed by atoms with van der Waals surface area (Å²) < 4.78 is 0. The molecule has 2 rings (SSSR count). The Kier molecular flexibility index (Phi) is 2.85. The Labute approximate surface area is 87.6 Å². The molecule has 2 heteroatoms. The predicted octanol–water partition coefficient (Wildman–Crippen LogP) is 1.89. The molecule has 14 heavy (non-hydrogen) atoms. The average molecular weight is 196 g/mol. The van der Waals surface area contributed by atoms with E-state index in [1.165, 1.54) is 32.1 Å². The summed E-state index contributed by atoms with van der Waals surface area (Å²) in [6, 6.07) is 0.751. The largest absolute Gasteiger partial charge is 0.329 e. The Hall–Kier alpha value is -0.0800. The first-order valence-corrected chi connectivity index (χ1v) is 6.11. The molecule has 2 saturated carbocycles. The highest BCUT2D eigenvalue weighted by Crippen LogP contribution is 2.38. The molecule has 0 radical (unpaired) electrons. The van der Waals surface area contributed by atoms with Crippen molar-refractivity contribution in [2.75, 3.05) is 6.54 Å². The van der Waals surface area contributed by atoms with Crippen LogP contribution in [0.15, 0.2) is 0 Å². The predicted molar refractivity (Wildman–Crippen MR) is 60.1 cm³/mol. The van der Waals surface area contributed by atoms with Gasteiger partial charge in [-0.05, 0) is 43.9 Å². The summed E-state index contributed by atoms with van der Waals surface area (Å²) in [4.78, 5) is 0. The summed E-state index contributed by atoms with van der Waals surface area (Å²) in [7, 11) is 0. The van der Waals surface area contributed by atoms with E-state index < -0.39 is 0 Å². The maximum Gasteiger partial charge on any atom is 0.0311 e. The molecule has 2 unspecified atom stereocenters. The fourth-order valence-electron chi connectivity index (χ4n) is 3.39. The van der Waals surface area contributed by atoms with Gasteiger partial charge in [-0.15, -0.1) is 0 Å². The van der Waals surface area contributed by atoms with E-state index >= 15 is 0 Å². The minimum absolute atomic E-state index is 0.314. The van der Waals surface area contributed by atoms with Crippen molar-refractivity contribution in [2.24, 2.45) is 17.6 Å². The van der Waals surface area contributed by atoms with Crippen LogP contribution in [0.4, 0.5) is 0 Å². The van der Waals surface area contributed by atoms with Crippen LogP contribution in [0, 0.1) is 11.8 Å². The number of rotatable bonds is 3. The maximum atomic E-state index is 5.88. The van der Waals surface area contributed by atoms with Crippen LogP contribution in [0.25, 0.3) is 0 Å². The van der Waals surface area contributed by atoms with Crippen LogP contribution in [-0.4, -0.2) is 18.1 Å². The molecule has 0 amide bonds. The van der Waals surface area contributed by atoms with Gasteiger partial charge in [0.25, 0.3) is 0 Å². The number of hydrogen-bond acceptors (Lipinski definition) is 2. The van der Waals surface area contributed by atoms with E-state index in [4.69, 9.17) is 5.73 Å². The Bertz CT molecular complexity index is 196. The molecule has 3 N–H and O–H groups in total. The van der Waals surface area contributed by atoms with Gasteiger partial charge in [-0.2, -0.15) is 0 Å². The molecule has 0 aromatic rings. The Balaban J connectivity index is 1.84. The molecule has 0 spiro atoms. The molecule has 0 saturated heterocycles.